The van der Waals surface area contributed by atoms with Gasteiger partial charge in [0.25, 0.3) is 0 Å². The van der Waals surface area contributed by atoms with Gasteiger partial charge in [0, 0.05) is 6.54 Å². The van der Waals surface area contributed by atoms with E-state index in [-0.39, 0.29) is 30.2 Å². The van der Waals surface area contributed by atoms with E-state index in [0.29, 0.717) is 6.54 Å². The van der Waals surface area contributed by atoms with Crippen LogP contribution in [-0.2, 0) is 4.79 Å². The second-order valence-electron chi connectivity index (χ2n) is 4.80. The molecule has 0 saturated heterocycles. The molecule has 3 atom stereocenters. The first-order valence-electron chi connectivity index (χ1n) is 6.69. The molecule has 0 rings (SSSR count). The van der Waals surface area contributed by atoms with Gasteiger partial charge in [-0.15, -0.1) is 12.4 Å². The predicted molar refractivity (Wildman–Crippen MR) is 77.8 cm³/mol. The number of nitrogens with one attached hydrogen (secondary N) is 1. The monoisotopic (exact) mass is 280 g/mol. The third-order valence-electron chi connectivity index (χ3n) is 3.64. The van der Waals surface area contributed by atoms with Crippen molar-refractivity contribution in [3.63, 3.8) is 0 Å². The van der Waals surface area contributed by atoms with Crippen molar-refractivity contribution >= 4 is 18.3 Å². The number of carbonyl (C=O) groups excluding carboxylic acids is 1. The maximum Gasteiger partial charge on any atom is 0.237 e. The van der Waals surface area contributed by atoms with Crippen molar-refractivity contribution in [3.05, 3.63) is 0 Å². The van der Waals surface area contributed by atoms with Crippen LogP contribution in [0.5, 0.6) is 0 Å². The lowest BCUT2D eigenvalue weighted by molar-refractivity contribution is -0.124. The minimum atomic E-state index is -0.478. The molecule has 0 aliphatic heterocycles. The molecule has 110 valence electrons. The highest BCUT2D eigenvalue weighted by molar-refractivity contribution is 5.85. The van der Waals surface area contributed by atoms with Gasteiger partial charge in [0.1, 0.15) is 0 Å². The van der Waals surface area contributed by atoms with Crippen LogP contribution in [0.25, 0.3) is 0 Å². The summed E-state index contributed by atoms with van der Waals surface area (Å²) in [5.41, 5.74) is 5.80. The van der Waals surface area contributed by atoms with Gasteiger partial charge in [-0.2, -0.15) is 0 Å². The lowest BCUT2D eigenvalue weighted by Gasteiger charge is -2.22. The molecule has 0 saturated carbocycles. The Morgan fingerprint density at radius 3 is 2.11 bits per heavy atom. The first-order valence-corrected chi connectivity index (χ1v) is 6.69. The second-order valence-corrected chi connectivity index (χ2v) is 4.80. The molecule has 0 aromatic carbocycles. The van der Waals surface area contributed by atoms with Crippen LogP contribution in [0.15, 0.2) is 0 Å². The molecule has 0 bridgehead atoms. The topological polar surface area (TPSA) is 75.4 Å². The molecule has 0 spiro atoms. The number of rotatable bonds is 8. The number of hydrogen-bond acceptors (Lipinski definition) is 3. The van der Waals surface area contributed by atoms with Crippen LogP contribution in [0, 0.1) is 11.8 Å². The lowest BCUT2D eigenvalue weighted by Crippen LogP contribution is -2.47. The molecule has 0 heterocycles. The Kier molecular flexibility index (Phi) is 11.8. The molecule has 0 fully saturated rings. The van der Waals surface area contributed by atoms with Gasteiger partial charge < -0.3 is 16.2 Å². The summed E-state index contributed by atoms with van der Waals surface area (Å²) >= 11 is 0. The number of aliphatic hydroxyl groups excluding tert-OH is 1. The van der Waals surface area contributed by atoms with Gasteiger partial charge in [-0.05, 0) is 11.8 Å². The van der Waals surface area contributed by atoms with E-state index in [0.717, 1.165) is 19.3 Å². The molecule has 18 heavy (non-hydrogen) atoms. The zero-order chi connectivity index (χ0) is 13.4. The number of aliphatic hydroxyl groups is 1. The molecular formula is C13H29ClN2O2. The van der Waals surface area contributed by atoms with E-state index in [1.807, 2.05) is 27.7 Å². The van der Waals surface area contributed by atoms with E-state index in [1.54, 1.807) is 0 Å². The summed E-state index contributed by atoms with van der Waals surface area (Å²) in [5, 5.41) is 12.6. The largest absolute Gasteiger partial charge is 0.391 e. The van der Waals surface area contributed by atoms with Crippen LogP contribution >= 0.6 is 12.4 Å². The molecular weight excluding hydrogens is 252 g/mol. The minimum absolute atomic E-state index is 0. The average molecular weight is 281 g/mol. The fourth-order valence-corrected chi connectivity index (χ4v) is 1.83. The van der Waals surface area contributed by atoms with Gasteiger partial charge in [0.05, 0.1) is 12.1 Å². The van der Waals surface area contributed by atoms with Crippen LogP contribution in [0.2, 0.25) is 0 Å². The van der Waals surface area contributed by atoms with Crippen molar-refractivity contribution < 1.29 is 9.90 Å². The van der Waals surface area contributed by atoms with Crippen molar-refractivity contribution in [2.75, 3.05) is 6.54 Å². The van der Waals surface area contributed by atoms with Crippen LogP contribution in [0.3, 0.4) is 0 Å². The van der Waals surface area contributed by atoms with E-state index in [9.17, 15) is 9.90 Å². The number of hydrogen-bond donors (Lipinski definition) is 3. The zero-order valence-electron chi connectivity index (χ0n) is 12.0. The summed E-state index contributed by atoms with van der Waals surface area (Å²) in [4.78, 5) is 11.7. The van der Waals surface area contributed by atoms with Crippen molar-refractivity contribution in [2.24, 2.45) is 17.6 Å². The summed E-state index contributed by atoms with van der Waals surface area (Å²) in [6.45, 7) is 8.36. The van der Waals surface area contributed by atoms with Crippen LogP contribution in [-0.4, -0.2) is 29.7 Å². The lowest BCUT2D eigenvalue weighted by atomic mass is 9.96. The van der Waals surface area contributed by atoms with Crippen molar-refractivity contribution in [1.82, 2.24) is 5.32 Å². The van der Waals surface area contributed by atoms with Gasteiger partial charge >= 0.3 is 0 Å². The Labute approximate surface area is 117 Å². The van der Waals surface area contributed by atoms with E-state index in [2.05, 4.69) is 5.32 Å². The fourth-order valence-electron chi connectivity index (χ4n) is 1.83. The molecule has 0 radical (unpaired) electrons. The standard InChI is InChI=1S/C13H28N2O2.ClH/c1-5-9(4)12(14)13(17)15-8-11(16)10(6-2)7-3;/h9-12,16H,5-8,14H2,1-4H3,(H,15,17);1H. The second kappa shape index (κ2) is 10.6. The molecule has 0 aromatic rings. The highest BCUT2D eigenvalue weighted by Crippen LogP contribution is 2.12. The third-order valence-corrected chi connectivity index (χ3v) is 3.64. The van der Waals surface area contributed by atoms with Crippen LogP contribution in [0.4, 0.5) is 0 Å². The average Bonchev–Trinajstić information content (AvgIpc) is 2.35. The molecule has 4 N–H and O–H groups in total. The van der Waals surface area contributed by atoms with Gasteiger partial charge in [-0.3, -0.25) is 4.79 Å². The quantitative estimate of drug-likeness (QED) is 0.633. The number of halogens is 1. The highest BCUT2D eigenvalue weighted by Gasteiger charge is 2.21. The van der Waals surface area contributed by atoms with E-state index < -0.39 is 12.1 Å². The third kappa shape index (κ3) is 6.57. The van der Waals surface area contributed by atoms with Gasteiger partial charge in [-0.1, -0.05) is 47.0 Å². The summed E-state index contributed by atoms with van der Waals surface area (Å²) in [5.74, 6) is 0.250. The number of carbonyl (C=O) groups is 1. The molecule has 0 aromatic heterocycles. The first-order chi connectivity index (χ1) is 7.97. The van der Waals surface area contributed by atoms with E-state index in [1.165, 1.54) is 0 Å². The van der Waals surface area contributed by atoms with Gasteiger partial charge in [0.2, 0.25) is 5.91 Å². The maximum absolute atomic E-state index is 11.7. The molecule has 5 heteroatoms. The SMILES string of the molecule is CCC(C)C(N)C(=O)NCC(O)C(CC)CC.Cl. The predicted octanol–water partition coefficient (Wildman–Crippen LogP) is 1.69. The summed E-state index contributed by atoms with van der Waals surface area (Å²) in [7, 11) is 0. The first kappa shape index (κ1) is 20.0. The summed E-state index contributed by atoms with van der Waals surface area (Å²) in [6.07, 6.45) is 2.25. The van der Waals surface area contributed by atoms with Gasteiger partial charge in [-0.25, -0.2) is 0 Å². The molecule has 0 aliphatic carbocycles. The minimum Gasteiger partial charge on any atom is -0.391 e. The Morgan fingerprint density at radius 2 is 1.72 bits per heavy atom. The zero-order valence-corrected chi connectivity index (χ0v) is 12.8. The maximum atomic E-state index is 11.7. The Morgan fingerprint density at radius 1 is 1.22 bits per heavy atom. The highest BCUT2D eigenvalue weighted by atomic mass is 35.5. The van der Waals surface area contributed by atoms with Crippen molar-refractivity contribution in [2.45, 2.75) is 59.1 Å². The molecule has 0 aliphatic rings. The van der Waals surface area contributed by atoms with Crippen molar-refractivity contribution in [3.8, 4) is 0 Å². The summed E-state index contributed by atoms with van der Waals surface area (Å²) < 4.78 is 0. The normalized spacial score (nSPS) is 15.7. The van der Waals surface area contributed by atoms with Crippen LogP contribution < -0.4 is 11.1 Å². The van der Waals surface area contributed by atoms with E-state index in [4.69, 9.17) is 5.73 Å². The molecule has 3 unspecified atom stereocenters. The van der Waals surface area contributed by atoms with Crippen molar-refractivity contribution in [1.29, 1.82) is 0 Å². The Hall–Kier alpha value is -0.320. The van der Waals surface area contributed by atoms with Crippen LogP contribution in [0.1, 0.15) is 47.0 Å². The number of amides is 1. The van der Waals surface area contributed by atoms with E-state index >= 15 is 0 Å². The summed E-state index contributed by atoms with van der Waals surface area (Å²) in [6, 6.07) is -0.478. The smallest absolute Gasteiger partial charge is 0.237 e. The van der Waals surface area contributed by atoms with Gasteiger partial charge in [0.15, 0.2) is 0 Å². The number of nitrogens with two attached hydrogens (primary N) is 1. The Bertz CT molecular complexity index is 223. The fraction of sp³-hybridized carbons (Fsp3) is 0.923. The molecule has 1 amide bonds. The molecule has 4 nitrogen and oxygen atoms in total. The Balaban J connectivity index is 0.